The summed E-state index contributed by atoms with van der Waals surface area (Å²) in [4.78, 5) is 18.3. The van der Waals surface area contributed by atoms with Crippen molar-refractivity contribution in [1.82, 2.24) is 10.3 Å². The Morgan fingerprint density at radius 2 is 2.52 bits per heavy atom. The molecule has 1 aromatic heterocycles. The predicted octanol–water partition coefficient (Wildman–Crippen LogP) is 0.794. The number of amides is 1. The van der Waals surface area contributed by atoms with Gasteiger partial charge in [-0.1, -0.05) is 11.6 Å². The molecule has 1 aromatic rings. The maximum absolute atomic E-state index is 11.9. The average Bonchev–Trinajstić information content (AvgIpc) is 2.93. The van der Waals surface area contributed by atoms with Gasteiger partial charge in [-0.15, -0.1) is 0 Å². The minimum Gasteiger partial charge on any atom is -0.380 e. The van der Waals surface area contributed by atoms with Gasteiger partial charge in [0.2, 0.25) is 5.91 Å². The number of nitrogens with one attached hydrogen (secondary N) is 1. The number of pyridine rings is 1. The third-order valence-electron chi connectivity index (χ3n) is 3.60. The number of methoxy groups -OCH3 is 1. The van der Waals surface area contributed by atoms with Crippen LogP contribution in [0.25, 0.3) is 0 Å². The van der Waals surface area contributed by atoms with Gasteiger partial charge in [0, 0.05) is 39.0 Å². The fraction of sp³-hybridized carbons (Fsp3) is 0.571. The lowest BCUT2D eigenvalue weighted by molar-refractivity contribution is -0.123. The molecule has 21 heavy (non-hydrogen) atoms. The van der Waals surface area contributed by atoms with Crippen LogP contribution < -0.4 is 16.0 Å². The van der Waals surface area contributed by atoms with Crippen LogP contribution in [0.2, 0.25) is 5.02 Å². The van der Waals surface area contributed by atoms with Crippen LogP contribution in [0.3, 0.4) is 0 Å². The van der Waals surface area contributed by atoms with E-state index in [1.54, 1.807) is 19.4 Å². The second-order valence-corrected chi connectivity index (χ2v) is 5.51. The Hall–Kier alpha value is -1.37. The molecule has 1 aliphatic rings. The van der Waals surface area contributed by atoms with Crippen LogP contribution in [0.5, 0.6) is 0 Å². The minimum absolute atomic E-state index is 0.0359. The van der Waals surface area contributed by atoms with Gasteiger partial charge in [0.1, 0.15) is 5.82 Å². The molecule has 0 aromatic carbocycles. The molecule has 2 atom stereocenters. The van der Waals surface area contributed by atoms with Gasteiger partial charge in [-0.25, -0.2) is 4.98 Å². The van der Waals surface area contributed by atoms with Crippen molar-refractivity contribution in [3.63, 3.8) is 0 Å². The largest absolute Gasteiger partial charge is 0.380 e. The zero-order valence-electron chi connectivity index (χ0n) is 12.1. The van der Waals surface area contributed by atoms with Gasteiger partial charge in [-0.2, -0.15) is 0 Å². The van der Waals surface area contributed by atoms with E-state index in [1.165, 1.54) is 0 Å². The Balaban J connectivity index is 1.85. The van der Waals surface area contributed by atoms with Crippen LogP contribution in [0.1, 0.15) is 12.8 Å². The van der Waals surface area contributed by atoms with E-state index in [-0.39, 0.29) is 24.5 Å². The minimum atomic E-state index is -0.229. The van der Waals surface area contributed by atoms with Crippen LogP contribution >= 0.6 is 11.6 Å². The lowest BCUT2D eigenvalue weighted by Gasteiger charge is -2.19. The van der Waals surface area contributed by atoms with E-state index >= 15 is 0 Å². The molecule has 2 heterocycles. The number of anilines is 1. The monoisotopic (exact) mass is 312 g/mol. The molecule has 6 nitrogen and oxygen atoms in total. The van der Waals surface area contributed by atoms with E-state index in [1.807, 2.05) is 6.07 Å². The SMILES string of the molecule is COC(CN)CC(=O)NC1CCN(c2ncccc2Cl)C1. The van der Waals surface area contributed by atoms with Crippen LogP contribution in [0, 0.1) is 0 Å². The maximum atomic E-state index is 11.9. The highest BCUT2D eigenvalue weighted by Gasteiger charge is 2.26. The van der Waals surface area contributed by atoms with Gasteiger partial charge >= 0.3 is 0 Å². The first-order valence-corrected chi connectivity index (χ1v) is 7.39. The summed E-state index contributed by atoms with van der Waals surface area (Å²) in [6.45, 7) is 1.87. The average molecular weight is 313 g/mol. The van der Waals surface area contributed by atoms with E-state index < -0.39 is 0 Å². The lowest BCUT2D eigenvalue weighted by Crippen LogP contribution is -2.40. The summed E-state index contributed by atoms with van der Waals surface area (Å²) in [6, 6.07) is 3.73. The molecule has 0 bridgehead atoms. The fourth-order valence-corrected chi connectivity index (χ4v) is 2.68. The number of nitrogens with two attached hydrogens (primary N) is 1. The van der Waals surface area contributed by atoms with E-state index in [4.69, 9.17) is 22.1 Å². The molecule has 0 saturated carbocycles. The number of hydrogen-bond donors (Lipinski definition) is 2. The van der Waals surface area contributed by atoms with Gasteiger partial charge in [-0.3, -0.25) is 4.79 Å². The first kappa shape index (κ1) is 16.0. The lowest BCUT2D eigenvalue weighted by atomic mass is 10.2. The molecular weight excluding hydrogens is 292 g/mol. The van der Waals surface area contributed by atoms with E-state index in [9.17, 15) is 4.79 Å². The van der Waals surface area contributed by atoms with Crippen molar-refractivity contribution in [2.75, 3.05) is 31.6 Å². The quantitative estimate of drug-likeness (QED) is 0.812. The van der Waals surface area contributed by atoms with Crippen molar-refractivity contribution in [3.05, 3.63) is 23.4 Å². The summed E-state index contributed by atoms with van der Waals surface area (Å²) in [6.07, 6.45) is 2.65. The number of carbonyl (C=O) groups excluding carboxylic acids is 1. The molecule has 2 rings (SSSR count). The number of carbonyl (C=O) groups is 1. The van der Waals surface area contributed by atoms with Crippen LogP contribution in [-0.4, -0.2) is 49.8 Å². The predicted molar refractivity (Wildman–Crippen MR) is 82.5 cm³/mol. The van der Waals surface area contributed by atoms with Crippen molar-refractivity contribution in [2.45, 2.75) is 25.0 Å². The zero-order chi connectivity index (χ0) is 15.2. The third-order valence-corrected chi connectivity index (χ3v) is 3.90. The number of rotatable bonds is 6. The molecule has 1 saturated heterocycles. The van der Waals surface area contributed by atoms with Crippen molar-refractivity contribution in [1.29, 1.82) is 0 Å². The topological polar surface area (TPSA) is 80.5 Å². The van der Waals surface area contributed by atoms with Crippen molar-refractivity contribution in [3.8, 4) is 0 Å². The molecule has 1 amide bonds. The highest BCUT2D eigenvalue weighted by molar-refractivity contribution is 6.32. The molecular formula is C14H21ClN4O2. The van der Waals surface area contributed by atoms with Crippen molar-refractivity contribution >= 4 is 23.3 Å². The van der Waals surface area contributed by atoms with Crippen LogP contribution in [-0.2, 0) is 9.53 Å². The Labute approximate surface area is 129 Å². The van der Waals surface area contributed by atoms with E-state index in [0.29, 0.717) is 18.1 Å². The number of hydrogen-bond acceptors (Lipinski definition) is 5. The van der Waals surface area contributed by atoms with Crippen molar-refractivity contribution in [2.24, 2.45) is 5.73 Å². The molecule has 0 spiro atoms. The number of aromatic nitrogens is 1. The molecule has 7 heteroatoms. The van der Waals surface area contributed by atoms with Crippen molar-refractivity contribution < 1.29 is 9.53 Å². The Morgan fingerprint density at radius 1 is 1.71 bits per heavy atom. The number of ether oxygens (including phenoxy) is 1. The summed E-state index contributed by atoms with van der Waals surface area (Å²) in [7, 11) is 1.56. The highest BCUT2D eigenvalue weighted by atomic mass is 35.5. The molecule has 1 fully saturated rings. The van der Waals surface area contributed by atoms with Crippen LogP contribution in [0.4, 0.5) is 5.82 Å². The summed E-state index contributed by atoms with van der Waals surface area (Å²) in [5.41, 5.74) is 5.52. The van der Waals surface area contributed by atoms with Gasteiger partial charge < -0.3 is 20.7 Å². The molecule has 0 radical (unpaired) electrons. The Bertz CT molecular complexity index is 482. The number of nitrogens with zero attached hydrogens (tertiary/aromatic N) is 2. The summed E-state index contributed by atoms with van der Waals surface area (Å²) in [5, 5.41) is 3.64. The molecule has 1 aliphatic heterocycles. The maximum Gasteiger partial charge on any atom is 0.222 e. The molecule has 3 N–H and O–H groups in total. The number of halogens is 1. The van der Waals surface area contributed by atoms with Crippen LogP contribution in [0.15, 0.2) is 18.3 Å². The van der Waals surface area contributed by atoms with Gasteiger partial charge in [-0.05, 0) is 18.6 Å². The second kappa shape index (κ2) is 7.59. The van der Waals surface area contributed by atoms with Gasteiger partial charge in [0.25, 0.3) is 0 Å². The Morgan fingerprint density at radius 3 is 3.19 bits per heavy atom. The second-order valence-electron chi connectivity index (χ2n) is 5.11. The Kier molecular flexibility index (Phi) is 5.78. The molecule has 116 valence electrons. The summed E-state index contributed by atoms with van der Waals surface area (Å²) >= 11 is 6.14. The van der Waals surface area contributed by atoms with E-state index in [2.05, 4.69) is 15.2 Å². The summed E-state index contributed by atoms with van der Waals surface area (Å²) in [5.74, 6) is 0.735. The van der Waals surface area contributed by atoms with Gasteiger partial charge in [0.15, 0.2) is 0 Å². The van der Waals surface area contributed by atoms with E-state index in [0.717, 1.165) is 18.8 Å². The normalized spacial score (nSPS) is 19.6. The smallest absolute Gasteiger partial charge is 0.222 e. The molecule has 2 unspecified atom stereocenters. The molecule has 0 aliphatic carbocycles. The van der Waals surface area contributed by atoms with Gasteiger partial charge in [0.05, 0.1) is 17.5 Å². The third kappa shape index (κ3) is 4.30. The standard InChI is InChI=1S/C14H21ClN4O2/c1-21-11(8-16)7-13(20)18-10-4-6-19(9-10)14-12(15)3-2-5-17-14/h2-3,5,10-11H,4,6-9,16H2,1H3,(H,18,20). The summed E-state index contributed by atoms with van der Waals surface area (Å²) < 4.78 is 5.12. The first-order valence-electron chi connectivity index (χ1n) is 7.01. The fourth-order valence-electron chi connectivity index (χ4n) is 2.44. The highest BCUT2D eigenvalue weighted by Crippen LogP contribution is 2.25. The zero-order valence-corrected chi connectivity index (χ0v) is 12.8. The first-order chi connectivity index (χ1) is 10.1.